The van der Waals surface area contributed by atoms with Crippen molar-refractivity contribution in [3.63, 3.8) is 0 Å². The SMILES string of the molecule is O=C(CSc1nnnn1-c1cccc(Cl)c1)NCc1ccc(Cl)cc1. The summed E-state index contributed by atoms with van der Waals surface area (Å²) >= 11 is 13.1. The molecule has 1 heterocycles. The Labute approximate surface area is 158 Å². The van der Waals surface area contributed by atoms with Crippen LogP contribution in [-0.4, -0.2) is 31.9 Å². The first-order valence-electron chi connectivity index (χ1n) is 7.30. The van der Waals surface area contributed by atoms with Crippen LogP contribution in [0.25, 0.3) is 5.69 Å². The highest BCUT2D eigenvalue weighted by Crippen LogP contribution is 2.20. The van der Waals surface area contributed by atoms with Gasteiger partial charge in [-0.15, -0.1) is 5.10 Å². The van der Waals surface area contributed by atoms with E-state index < -0.39 is 0 Å². The van der Waals surface area contributed by atoms with E-state index in [9.17, 15) is 4.79 Å². The number of hydrogen-bond donors (Lipinski definition) is 1. The molecule has 0 saturated heterocycles. The molecule has 0 atom stereocenters. The highest BCUT2D eigenvalue weighted by molar-refractivity contribution is 7.99. The lowest BCUT2D eigenvalue weighted by Gasteiger charge is -2.06. The van der Waals surface area contributed by atoms with Gasteiger partial charge in [-0.05, 0) is 46.3 Å². The Morgan fingerprint density at radius 3 is 2.68 bits per heavy atom. The van der Waals surface area contributed by atoms with E-state index in [-0.39, 0.29) is 11.7 Å². The van der Waals surface area contributed by atoms with Crippen LogP contribution in [-0.2, 0) is 11.3 Å². The normalized spacial score (nSPS) is 10.6. The van der Waals surface area contributed by atoms with Crippen LogP contribution in [0.2, 0.25) is 10.0 Å². The average molecular weight is 394 g/mol. The van der Waals surface area contributed by atoms with E-state index in [0.29, 0.717) is 21.7 Å². The summed E-state index contributed by atoms with van der Waals surface area (Å²) in [5, 5.41) is 16.2. The van der Waals surface area contributed by atoms with Crippen LogP contribution in [0.1, 0.15) is 5.56 Å². The molecule has 0 saturated carbocycles. The first-order chi connectivity index (χ1) is 12.1. The molecule has 128 valence electrons. The molecule has 0 aliphatic rings. The molecule has 6 nitrogen and oxygen atoms in total. The van der Waals surface area contributed by atoms with Crippen LogP contribution >= 0.6 is 35.0 Å². The largest absolute Gasteiger partial charge is 0.351 e. The van der Waals surface area contributed by atoms with Crippen LogP contribution in [0, 0.1) is 0 Å². The van der Waals surface area contributed by atoms with Crippen molar-refractivity contribution in [1.82, 2.24) is 25.5 Å². The molecule has 25 heavy (non-hydrogen) atoms. The Hall–Kier alpha value is -2.09. The molecule has 1 aromatic heterocycles. The van der Waals surface area contributed by atoms with Gasteiger partial charge in [-0.25, -0.2) is 0 Å². The number of aromatic nitrogens is 4. The Morgan fingerprint density at radius 1 is 1.12 bits per heavy atom. The smallest absolute Gasteiger partial charge is 0.230 e. The molecule has 3 aromatic rings. The van der Waals surface area contributed by atoms with Crippen molar-refractivity contribution in [2.45, 2.75) is 11.7 Å². The molecule has 0 aliphatic heterocycles. The number of amides is 1. The van der Waals surface area contributed by atoms with Gasteiger partial charge in [-0.3, -0.25) is 4.79 Å². The summed E-state index contributed by atoms with van der Waals surface area (Å²) in [6.45, 7) is 0.440. The minimum Gasteiger partial charge on any atom is -0.351 e. The summed E-state index contributed by atoms with van der Waals surface area (Å²) in [4.78, 5) is 12.0. The van der Waals surface area contributed by atoms with E-state index in [0.717, 1.165) is 11.3 Å². The Bertz CT molecular complexity index is 869. The molecule has 0 bridgehead atoms. The van der Waals surface area contributed by atoms with Gasteiger partial charge in [0.25, 0.3) is 0 Å². The summed E-state index contributed by atoms with van der Waals surface area (Å²) in [5.41, 5.74) is 1.72. The second-order valence-corrected chi connectivity index (χ2v) is 6.86. The number of halogens is 2. The first kappa shape index (κ1) is 17.7. The Kier molecular flexibility index (Phi) is 5.91. The van der Waals surface area contributed by atoms with Crippen molar-refractivity contribution in [1.29, 1.82) is 0 Å². The topological polar surface area (TPSA) is 72.7 Å². The van der Waals surface area contributed by atoms with E-state index in [1.165, 1.54) is 11.8 Å². The molecule has 1 amide bonds. The monoisotopic (exact) mass is 393 g/mol. The molecular weight excluding hydrogens is 381 g/mol. The van der Waals surface area contributed by atoms with E-state index in [1.54, 1.807) is 28.9 Å². The molecule has 0 spiro atoms. The van der Waals surface area contributed by atoms with Gasteiger partial charge in [-0.1, -0.05) is 53.2 Å². The van der Waals surface area contributed by atoms with E-state index >= 15 is 0 Å². The predicted molar refractivity (Wildman–Crippen MR) is 98.2 cm³/mol. The highest BCUT2D eigenvalue weighted by atomic mass is 35.5. The second kappa shape index (κ2) is 8.33. The lowest BCUT2D eigenvalue weighted by Crippen LogP contribution is -2.24. The van der Waals surface area contributed by atoms with Gasteiger partial charge in [0.15, 0.2) is 0 Å². The predicted octanol–water partition coefficient (Wildman–Crippen LogP) is 3.38. The molecule has 0 radical (unpaired) electrons. The van der Waals surface area contributed by atoms with Crippen molar-refractivity contribution in [2.24, 2.45) is 0 Å². The zero-order chi connectivity index (χ0) is 17.6. The fourth-order valence-corrected chi connectivity index (χ4v) is 3.05. The zero-order valence-corrected chi connectivity index (χ0v) is 15.2. The standard InChI is InChI=1S/C16H13Cl2N5OS/c17-12-6-4-11(5-7-12)9-19-15(24)10-25-16-20-21-22-23(16)14-3-1-2-13(18)8-14/h1-8H,9-10H2,(H,19,24). The van der Waals surface area contributed by atoms with Crippen LogP contribution in [0.5, 0.6) is 0 Å². The average Bonchev–Trinajstić information content (AvgIpc) is 3.08. The van der Waals surface area contributed by atoms with Gasteiger partial charge in [0.05, 0.1) is 11.4 Å². The maximum absolute atomic E-state index is 12.0. The van der Waals surface area contributed by atoms with Crippen LogP contribution in [0.3, 0.4) is 0 Å². The number of carbonyl (C=O) groups is 1. The Morgan fingerprint density at radius 2 is 1.92 bits per heavy atom. The van der Waals surface area contributed by atoms with Crippen molar-refractivity contribution in [3.8, 4) is 5.69 Å². The number of nitrogens with one attached hydrogen (secondary N) is 1. The van der Waals surface area contributed by atoms with Gasteiger partial charge >= 0.3 is 0 Å². The van der Waals surface area contributed by atoms with Gasteiger partial charge in [-0.2, -0.15) is 4.68 Å². The molecule has 9 heteroatoms. The minimum absolute atomic E-state index is 0.111. The van der Waals surface area contributed by atoms with Gasteiger partial charge in [0, 0.05) is 16.6 Å². The summed E-state index contributed by atoms with van der Waals surface area (Å²) in [7, 11) is 0. The number of nitrogens with zero attached hydrogens (tertiary/aromatic N) is 4. The van der Waals surface area contributed by atoms with Crippen molar-refractivity contribution >= 4 is 40.9 Å². The third kappa shape index (κ3) is 4.94. The molecule has 0 aliphatic carbocycles. The first-order valence-corrected chi connectivity index (χ1v) is 9.04. The molecular formula is C16H13Cl2N5OS. The molecule has 0 unspecified atom stereocenters. The van der Waals surface area contributed by atoms with Crippen molar-refractivity contribution in [3.05, 3.63) is 64.1 Å². The minimum atomic E-state index is -0.111. The second-order valence-electron chi connectivity index (χ2n) is 5.05. The zero-order valence-electron chi connectivity index (χ0n) is 12.9. The van der Waals surface area contributed by atoms with Crippen LogP contribution in [0.15, 0.2) is 53.7 Å². The van der Waals surface area contributed by atoms with Crippen molar-refractivity contribution < 1.29 is 4.79 Å². The highest BCUT2D eigenvalue weighted by Gasteiger charge is 2.11. The van der Waals surface area contributed by atoms with Gasteiger partial charge in [0.2, 0.25) is 11.1 Å². The maximum atomic E-state index is 12.0. The fourth-order valence-electron chi connectivity index (χ4n) is 2.02. The number of benzene rings is 2. The van der Waals surface area contributed by atoms with E-state index in [2.05, 4.69) is 20.8 Å². The number of carbonyl (C=O) groups excluding carboxylic acids is 1. The fraction of sp³-hybridized carbons (Fsp3) is 0.125. The maximum Gasteiger partial charge on any atom is 0.230 e. The lowest BCUT2D eigenvalue weighted by molar-refractivity contribution is -0.118. The van der Waals surface area contributed by atoms with E-state index in [4.69, 9.17) is 23.2 Å². The third-order valence-electron chi connectivity index (χ3n) is 3.23. The number of hydrogen-bond acceptors (Lipinski definition) is 5. The van der Waals surface area contributed by atoms with Gasteiger partial charge < -0.3 is 5.32 Å². The Balaban J connectivity index is 1.56. The molecule has 3 rings (SSSR count). The van der Waals surface area contributed by atoms with Crippen molar-refractivity contribution in [2.75, 3.05) is 5.75 Å². The van der Waals surface area contributed by atoms with Gasteiger partial charge in [0.1, 0.15) is 0 Å². The van der Waals surface area contributed by atoms with Crippen LogP contribution in [0.4, 0.5) is 0 Å². The third-order valence-corrected chi connectivity index (χ3v) is 4.64. The quantitative estimate of drug-likeness (QED) is 0.649. The molecule has 1 N–H and O–H groups in total. The number of thioether (sulfide) groups is 1. The summed E-state index contributed by atoms with van der Waals surface area (Å²) in [6.07, 6.45) is 0. The number of tetrazole rings is 1. The van der Waals surface area contributed by atoms with E-state index in [1.807, 2.05) is 24.3 Å². The molecule has 2 aromatic carbocycles. The van der Waals surface area contributed by atoms with Crippen LogP contribution < -0.4 is 5.32 Å². The summed E-state index contributed by atoms with van der Waals surface area (Å²) in [6, 6.07) is 14.5. The summed E-state index contributed by atoms with van der Waals surface area (Å²) < 4.78 is 1.54. The number of rotatable bonds is 6. The summed E-state index contributed by atoms with van der Waals surface area (Å²) in [5.74, 6) is 0.0923. The lowest BCUT2D eigenvalue weighted by atomic mass is 10.2. The molecule has 0 fully saturated rings.